The number of rotatable bonds is 9. The van der Waals surface area contributed by atoms with Crippen molar-refractivity contribution in [1.82, 2.24) is 10.2 Å². The van der Waals surface area contributed by atoms with E-state index in [-0.39, 0.29) is 30.2 Å². The highest BCUT2D eigenvalue weighted by Crippen LogP contribution is 2.39. The Hall–Kier alpha value is -2.04. The van der Waals surface area contributed by atoms with Gasteiger partial charge in [0.05, 0.1) is 19.1 Å². The molecule has 1 heterocycles. The molecule has 0 saturated carbocycles. The SMILES string of the molecule is CCCCN1C(=O)CC(C(=O)NCCC(C)C)C1c1ccc(OC)cc1. The third kappa shape index (κ3) is 4.99. The second kappa shape index (κ2) is 9.60. The standard InChI is InChI=1S/C21H32N2O3/c1-5-6-13-23-19(24)14-18(21(25)22-12-11-15(2)3)20(23)16-7-9-17(26-4)10-8-16/h7-10,15,18,20H,5-6,11-14H2,1-4H3,(H,22,25). The van der Waals surface area contributed by atoms with Crippen LogP contribution in [0.2, 0.25) is 0 Å². The van der Waals surface area contributed by atoms with E-state index in [2.05, 4.69) is 26.1 Å². The number of amides is 2. The van der Waals surface area contributed by atoms with Crippen LogP contribution >= 0.6 is 0 Å². The summed E-state index contributed by atoms with van der Waals surface area (Å²) >= 11 is 0. The summed E-state index contributed by atoms with van der Waals surface area (Å²) in [5.74, 6) is 1.04. The molecule has 0 bridgehead atoms. The van der Waals surface area contributed by atoms with Crippen LogP contribution in [0.25, 0.3) is 0 Å². The van der Waals surface area contributed by atoms with Gasteiger partial charge in [-0.15, -0.1) is 0 Å². The van der Waals surface area contributed by atoms with Crippen LogP contribution in [0.4, 0.5) is 0 Å². The van der Waals surface area contributed by atoms with Crippen molar-refractivity contribution in [3.05, 3.63) is 29.8 Å². The number of unbranched alkanes of at least 4 members (excludes halogenated alkanes) is 1. The molecule has 26 heavy (non-hydrogen) atoms. The zero-order valence-corrected chi connectivity index (χ0v) is 16.5. The van der Waals surface area contributed by atoms with Gasteiger partial charge >= 0.3 is 0 Å². The van der Waals surface area contributed by atoms with Crippen LogP contribution in [-0.2, 0) is 9.59 Å². The number of carbonyl (C=O) groups is 2. The Kier molecular flexibility index (Phi) is 7.49. The Labute approximate surface area is 157 Å². The first-order valence-electron chi connectivity index (χ1n) is 9.69. The fourth-order valence-electron chi connectivity index (χ4n) is 3.45. The lowest BCUT2D eigenvalue weighted by Gasteiger charge is -2.28. The molecule has 0 radical (unpaired) electrons. The van der Waals surface area contributed by atoms with Crippen LogP contribution in [0, 0.1) is 11.8 Å². The molecule has 2 atom stereocenters. The molecule has 1 aliphatic rings. The molecule has 1 fully saturated rings. The van der Waals surface area contributed by atoms with Crippen molar-refractivity contribution in [2.45, 2.75) is 52.5 Å². The van der Waals surface area contributed by atoms with Gasteiger partial charge in [0.25, 0.3) is 0 Å². The van der Waals surface area contributed by atoms with E-state index in [1.165, 1.54) is 0 Å². The van der Waals surface area contributed by atoms with Crippen molar-refractivity contribution in [2.75, 3.05) is 20.2 Å². The van der Waals surface area contributed by atoms with Gasteiger partial charge in [-0.05, 0) is 36.5 Å². The highest BCUT2D eigenvalue weighted by Gasteiger charge is 2.43. The fourth-order valence-corrected chi connectivity index (χ4v) is 3.45. The molecule has 2 unspecified atom stereocenters. The Morgan fingerprint density at radius 1 is 1.31 bits per heavy atom. The first-order valence-corrected chi connectivity index (χ1v) is 9.69. The van der Waals surface area contributed by atoms with Crippen LogP contribution in [0.1, 0.15) is 58.1 Å². The number of carbonyl (C=O) groups excluding carboxylic acids is 2. The van der Waals surface area contributed by atoms with Gasteiger partial charge in [0.15, 0.2) is 0 Å². The molecule has 0 spiro atoms. The predicted octanol–water partition coefficient (Wildman–Crippen LogP) is 3.55. The molecule has 0 aromatic heterocycles. The number of benzene rings is 1. The quantitative estimate of drug-likeness (QED) is 0.733. The number of methoxy groups -OCH3 is 1. The van der Waals surface area contributed by atoms with Gasteiger partial charge < -0.3 is 15.0 Å². The van der Waals surface area contributed by atoms with Crippen molar-refractivity contribution in [1.29, 1.82) is 0 Å². The Morgan fingerprint density at radius 2 is 2.00 bits per heavy atom. The van der Waals surface area contributed by atoms with E-state index >= 15 is 0 Å². The summed E-state index contributed by atoms with van der Waals surface area (Å²) in [5, 5.41) is 3.03. The van der Waals surface area contributed by atoms with Gasteiger partial charge in [-0.25, -0.2) is 0 Å². The summed E-state index contributed by atoms with van der Waals surface area (Å²) < 4.78 is 5.23. The van der Waals surface area contributed by atoms with Crippen molar-refractivity contribution < 1.29 is 14.3 Å². The van der Waals surface area contributed by atoms with Crippen LogP contribution in [0.3, 0.4) is 0 Å². The molecule has 5 heteroatoms. The van der Waals surface area contributed by atoms with Crippen LogP contribution < -0.4 is 10.1 Å². The highest BCUT2D eigenvalue weighted by atomic mass is 16.5. The molecule has 1 aromatic carbocycles. The maximum absolute atomic E-state index is 12.8. The summed E-state index contributed by atoms with van der Waals surface area (Å²) in [7, 11) is 1.63. The number of hydrogen-bond acceptors (Lipinski definition) is 3. The lowest BCUT2D eigenvalue weighted by atomic mass is 9.92. The summed E-state index contributed by atoms with van der Waals surface area (Å²) in [4.78, 5) is 27.3. The summed E-state index contributed by atoms with van der Waals surface area (Å²) in [6.07, 6.45) is 3.19. The maximum Gasteiger partial charge on any atom is 0.226 e. The van der Waals surface area contributed by atoms with Crippen molar-refractivity contribution in [2.24, 2.45) is 11.8 Å². The molecule has 1 aliphatic heterocycles. The third-order valence-electron chi connectivity index (χ3n) is 5.00. The molecule has 0 aliphatic carbocycles. The second-order valence-electron chi connectivity index (χ2n) is 7.44. The van der Waals surface area contributed by atoms with Crippen LogP contribution in [0.15, 0.2) is 24.3 Å². The van der Waals surface area contributed by atoms with E-state index in [0.717, 1.165) is 30.6 Å². The predicted molar refractivity (Wildman–Crippen MR) is 103 cm³/mol. The molecular formula is C21H32N2O3. The molecule has 144 valence electrons. The Bertz CT molecular complexity index is 598. The molecule has 2 rings (SSSR count). The molecular weight excluding hydrogens is 328 g/mol. The monoisotopic (exact) mass is 360 g/mol. The van der Waals surface area contributed by atoms with Gasteiger partial charge in [0, 0.05) is 19.5 Å². The summed E-state index contributed by atoms with van der Waals surface area (Å²) in [6.45, 7) is 7.74. The number of nitrogens with one attached hydrogen (secondary N) is 1. The number of hydrogen-bond donors (Lipinski definition) is 1. The Morgan fingerprint density at radius 3 is 2.58 bits per heavy atom. The average Bonchev–Trinajstić information content (AvgIpc) is 2.96. The molecule has 1 aromatic rings. The number of nitrogens with zero attached hydrogens (tertiary/aromatic N) is 1. The molecule has 2 amide bonds. The van der Waals surface area contributed by atoms with Gasteiger partial charge in [-0.1, -0.05) is 39.3 Å². The minimum atomic E-state index is -0.333. The molecule has 1 N–H and O–H groups in total. The largest absolute Gasteiger partial charge is 0.497 e. The fraction of sp³-hybridized carbons (Fsp3) is 0.619. The van der Waals surface area contributed by atoms with Crippen molar-refractivity contribution in [3.63, 3.8) is 0 Å². The van der Waals surface area contributed by atoms with E-state index in [1.54, 1.807) is 7.11 Å². The zero-order chi connectivity index (χ0) is 19.1. The minimum absolute atomic E-state index is 0.0150. The van der Waals surface area contributed by atoms with Gasteiger partial charge in [0.1, 0.15) is 5.75 Å². The third-order valence-corrected chi connectivity index (χ3v) is 5.00. The molecule has 1 saturated heterocycles. The van der Waals surface area contributed by atoms with Crippen molar-refractivity contribution in [3.8, 4) is 5.75 Å². The first kappa shape index (κ1) is 20.3. The molecule has 5 nitrogen and oxygen atoms in total. The minimum Gasteiger partial charge on any atom is -0.497 e. The van der Waals surface area contributed by atoms with E-state index < -0.39 is 0 Å². The highest BCUT2D eigenvalue weighted by molar-refractivity contribution is 5.90. The van der Waals surface area contributed by atoms with E-state index in [1.807, 2.05) is 29.2 Å². The Balaban J connectivity index is 2.20. The number of ether oxygens (including phenoxy) is 1. The van der Waals surface area contributed by atoms with E-state index in [9.17, 15) is 9.59 Å². The van der Waals surface area contributed by atoms with Crippen LogP contribution in [-0.4, -0.2) is 36.9 Å². The second-order valence-corrected chi connectivity index (χ2v) is 7.44. The summed E-state index contributed by atoms with van der Waals surface area (Å²) in [5.41, 5.74) is 0.997. The van der Waals surface area contributed by atoms with Gasteiger partial charge in [-0.3, -0.25) is 9.59 Å². The van der Waals surface area contributed by atoms with Crippen LogP contribution in [0.5, 0.6) is 5.75 Å². The first-order chi connectivity index (χ1) is 12.5. The smallest absolute Gasteiger partial charge is 0.226 e. The van der Waals surface area contributed by atoms with Crippen molar-refractivity contribution >= 4 is 11.8 Å². The van der Waals surface area contributed by atoms with Gasteiger partial charge in [0.2, 0.25) is 11.8 Å². The normalized spacial score (nSPS) is 19.9. The number of likely N-dealkylation sites (tertiary alicyclic amines) is 1. The average molecular weight is 360 g/mol. The topological polar surface area (TPSA) is 58.6 Å². The lowest BCUT2D eigenvalue weighted by Crippen LogP contribution is -2.36. The lowest BCUT2D eigenvalue weighted by molar-refractivity contribution is -0.129. The maximum atomic E-state index is 12.8. The zero-order valence-electron chi connectivity index (χ0n) is 16.5. The summed E-state index contributed by atoms with van der Waals surface area (Å²) in [6, 6.07) is 7.53. The van der Waals surface area contributed by atoms with Gasteiger partial charge in [-0.2, -0.15) is 0 Å². The van der Waals surface area contributed by atoms with E-state index in [0.29, 0.717) is 19.0 Å². The van der Waals surface area contributed by atoms with E-state index in [4.69, 9.17) is 4.74 Å².